The van der Waals surface area contributed by atoms with Crippen molar-refractivity contribution in [2.24, 2.45) is 0 Å². The van der Waals surface area contributed by atoms with Crippen molar-refractivity contribution < 1.29 is 9.59 Å². The number of carbonyl (C=O) groups is 2. The molecule has 5 heteroatoms. The third kappa shape index (κ3) is 5.47. The minimum absolute atomic E-state index is 0.00416. The highest BCUT2D eigenvalue weighted by molar-refractivity contribution is 6.30. The number of nitrogens with one attached hydrogen (secondary N) is 2. The Morgan fingerprint density at radius 3 is 2.41 bits per heavy atom. The standard InChI is InChI=1S/C12H15ClN2O2/c1-9(16)15-7-6-14-8-12(17)10-2-4-11(13)5-3-10/h2-5,14H,6-8H2,1H3,(H,15,16). The van der Waals surface area contributed by atoms with Crippen LogP contribution in [0.3, 0.4) is 0 Å². The van der Waals surface area contributed by atoms with Crippen molar-refractivity contribution in [1.29, 1.82) is 0 Å². The molecule has 0 spiro atoms. The Labute approximate surface area is 105 Å². The molecule has 1 rings (SSSR count). The van der Waals surface area contributed by atoms with E-state index >= 15 is 0 Å². The average molecular weight is 255 g/mol. The van der Waals surface area contributed by atoms with Gasteiger partial charge in [-0.15, -0.1) is 0 Å². The lowest BCUT2D eigenvalue weighted by Crippen LogP contribution is -2.32. The van der Waals surface area contributed by atoms with Gasteiger partial charge in [0.05, 0.1) is 6.54 Å². The molecule has 17 heavy (non-hydrogen) atoms. The molecular formula is C12H15ClN2O2. The van der Waals surface area contributed by atoms with Crippen LogP contribution in [0.25, 0.3) is 0 Å². The summed E-state index contributed by atoms with van der Waals surface area (Å²) in [5.74, 6) is -0.0691. The Kier molecular flexibility index (Phi) is 5.66. The van der Waals surface area contributed by atoms with Gasteiger partial charge in [-0.2, -0.15) is 0 Å². The number of amides is 1. The molecule has 1 aromatic rings. The van der Waals surface area contributed by atoms with Crippen molar-refractivity contribution in [2.45, 2.75) is 6.92 Å². The van der Waals surface area contributed by atoms with Crippen LogP contribution in [0, 0.1) is 0 Å². The number of carbonyl (C=O) groups excluding carboxylic acids is 2. The quantitative estimate of drug-likeness (QED) is 0.593. The Balaban J connectivity index is 2.25. The number of Topliss-reactive ketones (excluding diaryl/α,β-unsaturated/α-hetero) is 1. The maximum Gasteiger partial charge on any atom is 0.216 e. The summed E-state index contributed by atoms with van der Waals surface area (Å²) >= 11 is 5.72. The van der Waals surface area contributed by atoms with Crippen molar-refractivity contribution in [1.82, 2.24) is 10.6 Å². The van der Waals surface area contributed by atoms with Gasteiger partial charge in [0.1, 0.15) is 0 Å². The van der Waals surface area contributed by atoms with Gasteiger partial charge in [0, 0.05) is 30.6 Å². The molecule has 0 aliphatic heterocycles. The third-order valence-electron chi connectivity index (χ3n) is 2.13. The molecular weight excluding hydrogens is 240 g/mol. The number of ketones is 1. The van der Waals surface area contributed by atoms with E-state index in [4.69, 9.17) is 11.6 Å². The molecule has 1 aromatic carbocycles. The lowest BCUT2D eigenvalue weighted by molar-refractivity contribution is -0.118. The highest BCUT2D eigenvalue weighted by atomic mass is 35.5. The normalized spacial score (nSPS) is 10.0. The van der Waals surface area contributed by atoms with E-state index in [2.05, 4.69) is 10.6 Å². The van der Waals surface area contributed by atoms with Crippen LogP contribution in [0.15, 0.2) is 24.3 Å². The van der Waals surface area contributed by atoms with Crippen LogP contribution < -0.4 is 10.6 Å². The summed E-state index contributed by atoms with van der Waals surface area (Å²) < 4.78 is 0. The molecule has 0 atom stereocenters. The summed E-state index contributed by atoms with van der Waals surface area (Å²) in [6.07, 6.45) is 0. The van der Waals surface area contributed by atoms with Crippen molar-refractivity contribution >= 4 is 23.3 Å². The molecule has 0 aliphatic rings. The summed E-state index contributed by atoms with van der Waals surface area (Å²) in [7, 11) is 0. The molecule has 0 bridgehead atoms. The van der Waals surface area contributed by atoms with E-state index in [1.165, 1.54) is 6.92 Å². The van der Waals surface area contributed by atoms with Gasteiger partial charge in [-0.05, 0) is 24.3 Å². The van der Waals surface area contributed by atoms with Crippen LogP contribution in [-0.4, -0.2) is 31.3 Å². The Hall–Kier alpha value is -1.39. The van der Waals surface area contributed by atoms with Crippen molar-refractivity contribution in [3.05, 3.63) is 34.9 Å². The van der Waals surface area contributed by atoms with E-state index < -0.39 is 0 Å². The first-order valence-electron chi connectivity index (χ1n) is 5.33. The van der Waals surface area contributed by atoms with Crippen LogP contribution in [0.2, 0.25) is 5.02 Å². The minimum atomic E-state index is -0.0733. The molecule has 1 amide bonds. The average Bonchev–Trinajstić information content (AvgIpc) is 2.29. The summed E-state index contributed by atoms with van der Waals surface area (Å²) in [6, 6.07) is 6.76. The molecule has 2 N–H and O–H groups in total. The zero-order valence-corrected chi connectivity index (χ0v) is 10.4. The Morgan fingerprint density at radius 2 is 1.82 bits per heavy atom. The van der Waals surface area contributed by atoms with Crippen molar-refractivity contribution in [2.75, 3.05) is 19.6 Å². The molecule has 92 valence electrons. The predicted octanol–water partition coefficient (Wildman–Crippen LogP) is 1.25. The van der Waals surface area contributed by atoms with E-state index in [1.54, 1.807) is 24.3 Å². The second kappa shape index (κ2) is 7.04. The Bertz CT molecular complexity index is 390. The zero-order valence-electron chi connectivity index (χ0n) is 9.63. The SMILES string of the molecule is CC(=O)NCCNCC(=O)c1ccc(Cl)cc1. The van der Waals surface area contributed by atoms with Crippen LogP contribution >= 0.6 is 11.6 Å². The summed E-state index contributed by atoms with van der Waals surface area (Å²) in [4.78, 5) is 22.2. The summed E-state index contributed by atoms with van der Waals surface area (Å²) in [5, 5.41) is 6.20. The Morgan fingerprint density at radius 1 is 1.18 bits per heavy atom. The van der Waals surface area contributed by atoms with E-state index in [0.717, 1.165) is 0 Å². The molecule has 0 saturated heterocycles. The summed E-state index contributed by atoms with van der Waals surface area (Å²) in [5.41, 5.74) is 0.626. The molecule has 0 radical (unpaired) electrons. The van der Waals surface area contributed by atoms with Crippen LogP contribution in [0.4, 0.5) is 0 Å². The third-order valence-corrected chi connectivity index (χ3v) is 2.38. The van der Waals surface area contributed by atoms with Gasteiger partial charge in [-0.25, -0.2) is 0 Å². The fourth-order valence-corrected chi connectivity index (χ4v) is 1.39. The first-order chi connectivity index (χ1) is 8.09. The largest absolute Gasteiger partial charge is 0.355 e. The fraction of sp³-hybridized carbons (Fsp3) is 0.333. The lowest BCUT2D eigenvalue weighted by Gasteiger charge is -2.05. The maximum atomic E-state index is 11.7. The molecule has 0 fully saturated rings. The molecule has 0 heterocycles. The highest BCUT2D eigenvalue weighted by Gasteiger charge is 2.04. The number of hydrogen-bond donors (Lipinski definition) is 2. The first kappa shape index (κ1) is 13.7. The van der Waals surface area contributed by atoms with E-state index in [0.29, 0.717) is 23.7 Å². The minimum Gasteiger partial charge on any atom is -0.355 e. The van der Waals surface area contributed by atoms with E-state index in [9.17, 15) is 9.59 Å². The van der Waals surface area contributed by atoms with Crippen LogP contribution in [0.5, 0.6) is 0 Å². The first-order valence-corrected chi connectivity index (χ1v) is 5.71. The van der Waals surface area contributed by atoms with Crippen molar-refractivity contribution in [3.8, 4) is 0 Å². The van der Waals surface area contributed by atoms with Gasteiger partial charge in [-0.1, -0.05) is 11.6 Å². The number of hydrogen-bond acceptors (Lipinski definition) is 3. The van der Waals surface area contributed by atoms with Gasteiger partial charge in [-0.3, -0.25) is 9.59 Å². The van der Waals surface area contributed by atoms with Crippen LogP contribution in [-0.2, 0) is 4.79 Å². The topological polar surface area (TPSA) is 58.2 Å². The van der Waals surface area contributed by atoms with E-state index in [1.807, 2.05) is 0 Å². The number of rotatable bonds is 6. The van der Waals surface area contributed by atoms with Gasteiger partial charge >= 0.3 is 0 Å². The highest BCUT2D eigenvalue weighted by Crippen LogP contribution is 2.09. The molecule has 0 saturated carbocycles. The van der Waals surface area contributed by atoms with Crippen molar-refractivity contribution in [3.63, 3.8) is 0 Å². The van der Waals surface area contributed by atoms with Gasteiger partial charge in [0.25, 0.3) is 0 Å². The lowest BCUT2D eigenvalue weighted by atomic mass is 10.1. The molecule has 0 aliphatic carbocycles. The molecule has 0 aromatic heterocycles. The number of halogens is 1. The van der Waals surface area contributed by atoms with Gasteiger partial charge in [0.15, 0.2) is 5.78 Å². The molecule has 0 unspecified atom stereocenters. The smallest absolute Gasteiger partial charge is 0.216 e. The number of benzene rings is 1. The molecule has 4 nitrogen and oxygen atoms in total. The fourth-order valence-electron chi connectivity index (χ4n) is 1.27. The second-order valence-corrected chi connectivity index (χ2v) is 4.03. The van der Waals surface area contributed by atoms with E-state index in [-0.39, 0.29) is 18.2 Å². The van der Waals surface area contributed by atoms with Crippen LogP contribution in [0.1, 0.15) is 17.3 Å². The summed E-state index contributed by atoms with van der Waals surface area (Å²) in [6.45, 7) is 2.79. The monoisotopic (exact) mass is 254 g/mol. The zero-order chi connectivity index (χ0) is 12.7. The van der Waals surface area contributed by atoms with Gasteiger partial charge in [0.2, 0.25) is 5.91 Å². The van der Waals surface area contributed by atoms with Gasteiger partial charge < -0.3 is 10.6 Å². The maximum absolute atomic E-state index is 11.7. The second-order valence-electron chi connectivity index (χ2n) is 3.59. The predicted molar refractivity (Wildman–Crippen MR) is 67.3 cm³/mol.